The lowest BCUT2D eigenvalue weighted by atomic mass is 9.89. The lowest BCUT2D eigenvalue weighted by Crippen LogP contribution is -2.09. The van der Waals surface area contributed by atoms with Gasteiger partial charge in [0.1, 0.15) is 12.4 Å². The number of hydrogen-bond acceptors (Lipinski definition) is 2. The van der Waals surface area contributed by atoms with E-state index in [1.54, 1.807) is 0 Å². The smallest absolute Gasteiger partial charge is 0.120 e. The summed E-state index contributed by atoms with van der Waals surface area (Å²) in [5.41, 5.74) is 3.45. The first-order valence-electron chi connectivity index (χ1n) is 6.90. The number of rotatable bonds is 3. The number of halogens is 1. The van der Waals surface area contributed by atoms with E-state index in [9.17, 15) is 5.11 Å². The van der Waals surface area contributed by atoms with Crippen molar-refractivity contribution in [2.75, 3.05) is 0 Å². The molecule has 2 aromatic rings. The van der Waals surface area contributed by atoms with Crippen LogP contribution in [0, 0.1) is 3.57 Å². The Morgan fingerprint density at radius 3 is 2.75 bits per heavy atom. The largest absolute Gasteiger partial charge is 0.489 e. The van der Waals surface area contributed by atoms with Gasteiger partial charge in [-0.05, 0) is 82.8 Å². The van der Waals surface area contributed by atoms with Gasteiger partial charge in [0.25, 0.3) is 0 Å². The Hall–Kier alpha value is -1.07. The van der Waals surface area contributed by atoms with Gasteiger partial charge in [0.15, 0.2) is 0 Å². The third kappa shape index (κ3) is 3.15. The maximum Gasteiger partial charge on any atom is 0.120 e. The number of aryl methyl sites for hydroxylation is 1. The molecule has 0 heterocycles. The highest BCUT2D eigenvalue weighted by Gasteiger charge is 2.18. The van der Waals surface area contributed by atoms with Gasteiger partial charge in [0.2, 0.25) is 0 Å². The van der Waals surface area contributed by atoms with Crippen LogP contribution in [0.3, 0.4) is 0 Å². The zero-order chi connectivity index (χ0) is 13.9. The molecule has 0 saturated carbocycles. The highest BCUT2D eigenvalue weighted by molar-refractivity contribution is 14.1. The summed E-state index contributed by atoms with van der Waals surface area (Å²) < 4.78 is 7.06. The molecule has 0 aromatic heterocycles. The van der Waals surface area contributed by atoms with E-state index in [1.807, 2.05) is 12.1 Å². The van der Waals surface area contributed by atoms with E-state index < -0.39 is 0 Å². The summed E-state index contributed by atoms with van der Waals surface area (Å²) in [5, 5.41) is 10.0. The zero-order valence-corrected chi connectivity index (χ0v) is 13.3. The van der Waals surface area contributed by atoms with E-state index >= 15 is 0 Å². The monoisotopic (exact) mass is 380 g/mol. The van der Waals surface area contributed by atoms with Gasteiger partial charge in [-0.1, -0.05) is 18.2 Å². The average Bonchev–Trinajstić information content (AvgIpc) is 2.47. The quantitative estimate of drug-likeness (QED) is 0.808. The molecular weight excluding hydrogens is 363 g/mol. The standard InChI is InChI=1S/C17H17IO2/c18-14-7-4-12(5-8-14)11-20-15-9-6-13-2-1-3-17(19)16(13)10-15/h4-10,17,19H,1-3,11H2/t17-/m0/s1. The number of benzene rings is 2. The van der Waals surface area contributed by atoms with E-state index in [1.165, 1.54) is 9.13 Å². The van der Waals surface area contributed by atoms with Crippen molar-refractivity contribution in [2.24, 2.45) is 0 Å². The molecule has 20 heavy (non-hydrogen) atoms. The molecule has 0 amide bonds. The molecule has 104 valence electrons. The number of ether oxygens (including phenoxy) is 1. The molecule has 1 aliphatic carbocycles. The fourth-order valence-electron chi connectivity index (χ4n) is 2.59. The molecule has 0 spiro atoms. The Bertz CT molecular complexity index is 592. The maximum atomic E-state index is 10.0. The Morgan fingerprint density at radius 1 is 1.15 bits per heavy atom. The van der Waals surface area contributed by atoms with Crippen molar-refractivity contribution in [2.45, 2.75) is 32.0 Å². The number of aliphatic hydroxyl groups excluding tert-OH is 1. The van der Waals surface area contributed by atoms with Crippen LogP contribution in [-0.4, -0.2) is 5.11 Å². The van der Waals surface area contributed by atoms with E-state index in [4.69, 9.17) is 4.74 Å². The SMILES string of the molecule is O[C@H]1CCCc2ccc(OCc3ccc(I)cc3)cc21. The van der Waals surface area contributed by atoms with Crippen molar-refractivity contribution >= 4 is 22.6 Å². The third-order valence-electron chi connectivity index (χ3n) is 3.72. The second kappa shape index (κ2) is 6.14. The molecule has 3 heteroatoms. The van der Waals surface area contributed by atoms with Crippen LogP contribution in [0.5, 0.6) is 5.75 Å². The summed E-state index contributed by atoms with van der Waals surface area (Å²) in [7, 11) is 0. The van der Waals surface area contributed by atoms with Gasteiger partial charge in [0.05, 0.1) is 6.10 Å². The van der Waals surface area contributed by atoms with Gasteiger partial charge < -0.3 is 9.84 Å². The van der Waals surface area contributed by atoms with Crippen LogP contribution in [0.2, 0.25) is 0 Å². The van der Waals surface area contributed by atoms with Crippen molar-refractivity contribution in [3.8, 4) is 5.75 Å². The van der Waals surface area contributed by atoms with E-state index in [0.717, 1.165) is 36.1 Å². The van der Waals surface area contributed by atoms with Gasteiger partial charge in [0, 0.05) is 3.57 Å². The van der Waals surface area contributed by atoms with E-state index in [2.05, 4.69) is 52.9 Å². The van der Waals surface area contributed by atoms with Crippen LogP contribution in [0.4, 0.5) is 0 Å². The molecule has 0 unspecified atom stereocenters. The molecule has 0 fully saturated rings. The molecular formula is C17H17IO2. The van der Waals surface area contributed by atoms with Crippen molar-refractivity contribution in [1.82, 2.24) is 0 Å². The van der Waals surface area contributed by atoms with Gasteiger partial charge >= 0.3 is 0 Å². The van der Waals surface area contributed by atoms with Crippen molar-refractivity contribution in [3.05, 3.63) is 62.7 Å². The van der Waals surface area contributed by atoms with E-state index in [0.29, 0.717) is 6.61 Å². The minimum Gasteiger partial charge on any atom is -0.489 e. The first kappa shape index (κ1) is 13.9. The predicted octanol–water partition coefficient (Wildman–Crippen LogP) is 4.24. The van der Waals surface area contributed by atoms with Crippen LogP contribution in [0.25, 0.3) is 0 Å². The molecule has 0 radical (unpaired) electrons. The Labute approximate surface area is 132 Å². The fraction of sp³-hybridized carbons (Fsp3) is 0.294. The normalized spacial score (nSPS) is 17.6. The molecule has 1 aliphatic rings. The third-order valence-corrected chi connectivity index (χ3v) is 4.44. The summed E-state index contributed by atoms with van der Waals surface area (Å²) in [6, 6.07) is 14.4. The maximum absolute atomic E-state index is 10.0. The van der Waals surface area contributed by atoms with Gasteiger partial charge in [-0.3, -0.25) is 0 Å². The van der Waals surface area contributed by atoms with Crippen molar-refractivity contribution in [1.29, 1.82) is 0 Å². The summed E-state index contributed by atoms with van der Waals surface area (Å²) >= 11 is 2.29. The Morgan fingerprint density at radius 2 is 1.95 bits per heavy atom. The van der Waals surface area contributed by atoms with Crippen LogP contribution < -0.4 is 4.74 Å². The molecule has 0 aliphatic heterocycles. The van der Waals surface area contributed by atoms with Gasteiger partial charge in [-0.15, -0.1) is 0 Å². The summed E-state index contributed by atoms with van der Waals surface area (Å²) in [4.78, 5) is 0. The summed E-state index contributed by atoms with van der Waals surface area (Å²) in [5.74, 6) is 0.836. The van der Waals surface area contributed by atoms with Crippen molar-refractivity contribution in [3.63, 3.8) is 0 Å². The first-order valence-corrected chi connectivity index (χ1v) is 7.98. The fourth-order valence-corrected chi connectivity index (χ4v) is 2.95. The highest BCUT2D eigenvalue weighted by atomic mass is 127. The Balaban J connectivity index is 1.72. The Kier molecular flexibility index (Phi) is 4.27. The molecule has 3 rings (SSSR count). The minimum absolute atomic E-state index is 0.333. The molecule has 2 aromatic carbocycles. The topological polar surface area (TPSA) is 29.5 Å². The first-order chi connectivity index (χ1) is 9.72. The van der Waals surface area contributed by atoms with Gasteiger partial charge in [-0.25, -0.2) is 0 Å². The van der Waals surface area contributed by atoms with Crippen LogP contribution in [-0.2, 0) is 13.0 Å². The molecule has 1 atom stereocenters. The molecule has 1 N–H and O–H groups in total. The summed E-state index contributed by atoms with van der Waals surface area (Å²) in [6.45, 7) is 0.561. The number of aliphatic hydroxyl groups is 1. The second-order valence-corrected chi connectivity index (χ2v) is 6.43. The van der Waals surface area contributed by atoms with Crippen LogP contribution >= 0.6 is 22.6 Å². The molecule has 2 nitrogen and oxygen atoms in total. The van der Waals surface area contributed by atoms with Crippen LogP contribution in [0.1, 0.15) is 35.6 Å². The molecule has 0 saturated heterocycles. The second-order valence-electron chi connectivity index (χ2n) is 5.18. The summed E-state index contributed by atoms with van der Waals surface area (Å²) in [6.07, 6.45) is 2.65. The lowest BCUT2D eigenvalue weighted by molar-refractivity contribution is 0.156. The zero-order valence-electron chi connectivity index (χ0n) is 11.2. The number of fused-ring (bicyclic) bond motifs is 1. The lowest BCUT2D eigenvalue weighted by Gasteiger charge is -2.22. The number of hydrogen-bond donors (Lipinski definition) is 1. The van der Waals surface area contributed by atoms with Gasteiger partial charge in [-0.2, -0.15) is 0 Å². The highest BCUT2D eigenvalue weighted by Crippen LogP contribution is 2.32. The van der Waals surface area contributed by atoms with Crippen LogP contribution in [0.15, 0.2) is 42.5 Å². The predicted molar refractivity (Wildman–Crippen MR) is 87.8 cm³/mol. The molecule has 0 bridgehead atoms. The van der Waals surface area contributed by atoms with E-state index in [-0.39, 0.29) is 6.10 Å². The minimum atomic E-state index is -0.333. The van der Waals surface area contributed by atoms with Crippen molar-refractivity contribution < 1.29 is 9.84 Å². The average molecular weight is 380 g/mol.